The third kappa shape index (κ3) is 2.90. The second-order valence-electron chi connectivity index (χ2n) is 4.34. The Morgan fingerprint density at radius 1 is 1.33 bits per heavy atom. The average molecular weight is 246 g/mol. The first-order valence-corrected chi connectivity index (χ1v) is 6.02. The molecule has 0 saturated heterocycles. The molecular formula is C14H18N2O2. The van der Waals surface area contributed by atoms with Crippen molar-refractivity contribution in [2.75, 3.05) is 13.7 Å². The summed E-state index contributed by atoms with van der Waals surface area (Å²) in [4.78, 5) is 0. The van der Waals surface area contributed by atoms with Crippen molar-refractivity contribution < 1.29 is 9.84 Å². The van der Waals surface area contributed by atoms with Crippen LogP contribution in [0.3, 0.4) is 0 Å². The zero-order valence-corrected chi connectivity index (χ0v) is 10.8. The number of aromatic hydroxyl groups is 1. The van der Waals surface area contributed by atoms with E-state index < -0.39 is 0 Å². The van der Waals surface area contributed by atoms with Gasteiger partial charge in [0.1, 0.15) is 5.75 Å². The molecule has 0 aliphatic carbocycles. The molecule has 0 saturated carbocycles. The van der Waals surface area contributed by atoms with Crippen LogP contribution in [0.2, 0.25) is 0 Å². The predicted molar refractivity (Wildman–Crippen MR) is 70.6 cm³/mol. The minimum Gasteiger partial charge on any atom is -0.508 e. The predicted octanol–water partition coefficient (Wildman–Crippen LogP) is 2.60. The highest BCUT2D eigenvalue weighted by atomic mass is 16.5. The zero-order valence-electron chi connectivity index (χ0n) is 10.8. The van der Waals surface area contributed by atoms with Crippen LogP contribution in [0.1, 0.15) is 12.0 Å². The van der Waals surface area contributed by atoms with Crippen LogP contribution in [0.4, 0.5) is 0 Å². The summed E-state index contributed by atoms with van der Waals surface area (Å²) in [6.45, 7) is 3.46. The molecule has 0 atom stereocenters. The molecule has 18 heavy (non-hydrogen) atoms. The van der Waals surface area contributed by atoms with E-state index in [1.165, 1.54) is 0 Å². The minimum absolute atomic E-state index is 0.319. The van der Waals surface area contributed by atoms with E-state index in [2.05, 4.69) is 5.10 Å². The summed E-state index contributed by atoms with van der Waals surface area (Å²) in [6.07, 6.45) is 4.74. The second kappa shape index (κ2) is 5.69. The number of aromatic nitrogens is 2. The van der Waals surface area contributed by atoms with E-state index >= 15 is 0 Å². The highest BCUT2D eigenvalue weighted by Gasteiger charge is 2.04. The molecule has 0 amide bonds. The van der Waals surface area contributed by atoms with Crippen molar-refractivity contribution in [3.8, 4) is 16.9 Å². The summed E-state index contributed by atoms with van der Waals surface area (Å²) in [7, 11) is 1.70. The van der Waals surface area contributed by atoms with Crippen LogP contribution in [-0.4, -0.2) is 28.6 Å². The van der Waals surface area contributed by atoms with E-state index in [0.717, 1.165) is 36.3 Å². The Labute approximate surface area is 107 Å². The molecule has 0 aliphatic heterocycles. The van der Waals surface area contributed by atoms with Crippen LogP contribution in [-0.2, 0) is 11.3 Å². The molecule has 1 heterocycles. The van der Waals surface area contributed by atoms with Gasteiger partial charge in [0.15, 0.2) is 0 Å². The molecule has 0 unspecified atom stereocenters. The molecule has 0 radical (unpaired) electrons. The third-order valence-electron chi connectivity index (χ3n) is 2.91. The van der Waals surface area contributed by atoms with E-state index in [-0.39, 0.29) is 0 Å². The first-order valence-electron chi connectivity index (χ1n) is 6.02. The van der Waals surface area contributed by atoms with Crippen molar-refractivity contribution in [3.05, 3.63) is 36.2 Å². The zero-order chi connectivity index (χ0) is 13.0. The standard InChI is InChI=1S/C14H18N2O2/c1-11-4-5-12(8-14(11)17)13-9-15-16(10-13)6-3-7-18-2/h4-5,8-10,17H,3,6-7H2,1-2H3. The van der Waals surface area contributed by atoms with Crippen molar-refractivity contribution in [1.82, 2.24) is 9.78 Å². The van der Waals surface area contributed by atoms with Gasteiger partial charge < -0.3 is 9.84 Å². The van der Waals surface area contributed by atoms with Crippen LogP contribution in [0.25, 0.3) is 11.1 Å². The van der Waals surface area contributed by atoms with Crippen molar-refractivity contribution >= 4 is 0 Å². The van der Waals surface area contributed by atoms with Gasteiger partial charge in [-0.25, -0.2) is 0 Å². The number of methoxy groups -OCH3 is 1. The van der Waals surface area contributed by atoms with Gasteiger partial charge in [-0.05, 0) is 30.5 Å². The van der Waals surface area contributed by atoms with Crippen LogP contribution >= 0.6 is 0 Å². The van der Waals surface area contributed by atoms with Crippen molar-refractivity contribution in [2.24, 2.45) is 0 Å². The lowest BCUT2D eigenvalue weighted by Gasteiger charge is -2.02. The SMILES string of the molecule is COCCCn1cc(-c2ccc(C)c(O)c2)cn1. The summed E-state index contributed by atoms with van der Waals surface area (Å²) >= 11 is 0. The third-order valence-corrected chi connectivity index (χ3v) is 2.91. The van der Waals surface area contributed by atoms with Gasteiger partial charge in [-0.3, -0.25) is 4.68 Å². The van der Waals surface area contributed by atoms with E-state index in [1.807, 2.05) is 36.1 Å². The van der Waals surface area contributed by atoms with Crippen LogP contribution in [0.15, 0.2) is 30.6 Å². The number of hydrogen-bond donors (Lipinski definition) is 1. The van der Waals surface area contributed by atoms with Gasteiger partial charge in [-0.15, -0.1) is 0 Å². The molecule has 4 nitrogen and oxygen atoms in total. The number of phenolic OH excluding ortho intramolecular Hbond substituents is 1. The average Bonchev–Trinajstić information content (AvgIpc) is 2.82. The summed E-state index contributed by atoms with van der Waals surface area (Å²) in [5, 5.41) is 14.0. The molecular weight excluding hydrogens is 228 g/mol. The lowest BCUT2D eigenvalue weighted by molar-refractivity contribution is 0.189. The Morgan fingerprint density at radius 3 is 2.89 bits per heavy atom. The fourth-order valence-corrected chi connectivity index (χ4v) is 1.79. The molecule has 2 rings (SSSR count). The second-order valence-corrected chi connectivity index (χ2v) is 4.34. The molecule has 1 aromatic carbocycles. The molecule has 0 fully saturated rings. The number of benzene rings is 1. The quantitative estimate of drug-likeness (QED) is 0.825. The fraction of sp³-hybridized carbons (Fsp3) is 0.357. The normalized spacial score (nSPS) is 10.8. The summed E-state index contributed by atoms with van der Waals surface area (Å²) in [6, 6.07) is 5.67. The smallest absolute Gasteiger partial charge is 0.119 e. The highest BCUT2D eigenvalue weighted by Crippen LogP contribution is 2.25. The summed E-state index contributed by atoms with van der Waals surface area (Å²) in [5.41, 5.74) is 2.88. The van der Waals surface area contributed by atoms with Gasteiger partial charge in [-0.2, -0.15) is 5.10 Å². The topological polar surface area (TPSA) is 47.3 Å². The maximum atomic E-state index is 9.70. The molecule has 1 N–H and O–H groups in total. The number of phenols is 1. The van der Waals surface area contributed by atoms with E-state index in [0.29, 0.717) is 5.75 Å². The van der Waals surface area contributed by atoms with Gasteiger partial charge in [0.25, 0.3) is 0 Å². The maximum absolute atomic E-state index is 9.70. The Kier molecular flexibility index (Phi) is 3.99. The van der Waals surface area contributed by atoms with E-state index in [1.54, 1.807) is 13.2 Å². The van der Waals surface area contributed by atoms with Gasteiger partial charge in [0.2, 0.25) is 0 Å². The van der Waals surface area contributed by atoms with Crippen molar-refractivity contribution in [3.63, 3.8) is 0 Å². The largest absolute Gasteiger partial charge is 0.508 e. The fourth-order valence-electron chi connectivity index (χ4n) is 1.79. The molecule has 4 heteroatoms. The number of aryl methyl sites for hydroxylation is 2. The Balaban J connectivity index is 2.11. The van der Waals surface area contributed by atoms with Crippen LogP contribution < -0.4 is 0 Å². The monoisotopic (exact) mass is 246 g/mol. The van der Waals surface area contributed by atoms with Gasteiger partial charge in [-0.1, -0.05) is 12.1 Å². The summed E-state index contributed by atoms with van der Waals surface area (Å²) in [5.74, 6) is 0.319. The molecule has 0 spiro atoms. The van der Waals surface area contributed by atoms with Crippen molar-refractivity contribution in [2.45, 2.75) is 19.9 Å². The molecule has 1 aromatic heterocycles. The van der Waals surface area contributed by atoms with Crippen LogP contribution in [0.5, 0.6) is 5.75 Å². The van der Waals surface area contributed by atoms with Crippen LogP contribution in [0, 0.1) is 6.92 Å². The van der Waals surface area contributed by atoms with E-state index in [9.17, 15) is 5.11 Å². The Hall–Kier alpha value is -1.81. The van der Waals surface area contributed by atoms with Gasteiger partial charge in [0.05, 0.1) is 6.20 Å². The molecule has 2 aromatic rings. The number of ether oxygens (including phenoxy) is 1. The highest BCUT2D eigenvalue weighted by molar-refractivity contribution is 5.64. The molecule has 96 valence electrons. The minimum atomic E-state index is 0.319. The van der Waals surface area contributed by atoms with Gasteiger partial charge in [0, 0.05) is 32.0 Å². The first-order chi connectivity index (χ1) is 8.70. The Morgan fingerprint density at radius 2 is 2.17 bits per heavy atom. The Bertz CT molecular complexity index is 520. The van der Waals surface area contributed by atoms with Crippen molar-refractivity contribution in [1.29, 1.82) is 0 Å². The lowest BCUT2D eigenvalue weighted by atomic mass is 10.1. The molecule has 0 aliphatic rings. The summed E-state index contributed by atoms with van der Waals surface area (Å²) < 4.78 is 6.90. The van der Waals surface area contributed by atoms with E-state index in [4.69, 9.17) is 4.74 Å². The first kappa shape index (κ1) is 12.6. The molecule has 0 bridgehead atoms. The van der Waals surface area contributed by atoms with Gasteiger partial charge >= 0.3 is 0 Å². The maximum Gasteiger partial charge on any atom is 0.119 e. The lowest BCUT2D eigenvalue weighted by Crippen LogP contribution is -2.01. The number of hydrogen-bond acceptors (Lipinski definition) is 3. The number of rotatable bonds is 5. The number of nitrogens with zero attached hydrogens (tertiary/aromatic N) is 2.